The fraction of sp³-hybridized carbons (Fsp3) is 0.111. The van der Waals surface area contributed by atoms with Crippen LogP contribution in [-0.2, 0) is 4.79 Å². The lowest BCUT2D eigenvalue weighted by molar-refractivity contribution is -0.384. The largest absolute Gasteiger partial charge is 0.494 e. The van der Waals surface area contributed by atoms with Crippen LogP contribution < -0.4 is 10.1 Å². The van der Waals surface area contributed by atoms with Crippen LogP contribution in [0.15, 0.2) is 44.9 Å². The van der Waals surface area contributed by atoms with Crippen molar-refractivity contribution in [2.24, 2.45) is 0 Å². The Morgan fingerprint density at radius 2 is 1.93 bits per heavy atom. The van der Waals surface area contributed by atoms with Gasteiger partial charge in [-0.2, -0.15) is 5.26 Å². The minimum atomic E-state index is -0.613. The van der Waals surface area contributed by atoms with Gasteiger partial charge in [0.25, 0.3) is 11.6 Å². The maximum atomic E-state index is 12.4. The lowest BCUT2D eigenvalue weighted by atomic mass is 10.1. The highest BCUT2D eigenvalue weighted by atomic mass is 79.9. The number of nitro groups is 1. The number of carbonyl (C=O) groups is 1. The van der Waals surface area contributed by atoms with Crippen LogP contribution in [0.3, 0.4) is 0 Å². The summed E-state index contributed by atoms with van der Waals surface area (Å²) < 4.78 is 6.54. The van der Waals surface area contributed by atoms with Crippen molar-refractivity contribution in [2.45, 2.75) is 6.92 Å². The number of ether oxygens (including phenoxy) is 1. The van der Waals surface area contributed by atoms with Gasteiger partial charge in [0.05, 0.1) is 21.0 Å². The van der Waals surface area contributed by atoms with Gasteiger partial charge in [0.2, 0.25) is 0 Å². The molecule has 138 valence electrons. The Kier molecular flexibility index (Phi) is 6.71. The smallest absolute Gasteiger partial charge is 0.269 e. The monoisotopic (exact) mass is 493 g/mol. The minimum absolute atomic E-state index is 0.0746. The van der Waals surface area contributed by atoms with Crippen molar-refractivity contribution in [3.05, 3.63) is 66.1 Å². The van der Waals surface area contributed by atoms with Crippen LogP contribution in [-0.4, -0.2) is 17.9 Å². The summed E-state index contributed by atoms with van der Waals surface area (Å²) in [4.78, 5) is 22.7. The summed E-state index contributed by atoms with van der Waals surface area (Å²) in [7, 11) is 1.53. The third kappa shape index (κ3) is 4.93. The van der Waals surface area contributed by atoms with Crippen molar-refractivity contribution in [2.75, 3.05) is 12.4 Å². The molecule has 0 unspecified atom stereocenters. The fourth-order valence-corrected chi connectivity index (χ4v) is 3.81. The summed E-state index contributed by atoms with van der Waals surface area (Å²) in [5.41, 5.74) is 1.33. The standard InChI is InChI=1S/C18H13Br2N3O4/c1-10-5-13(23(25)26)3-4-16(10)22-18(24)12(9-21)6-11-7-14(19)17(27-2)15(20)8-11/h3-8H,1-2H3,(H,22,24)/b12-6-. The minimum Gasteiger partial charge on any atom is -0.494 e. The third-order valence-corrected chi connectivity index (χ3v) is 4.75. The number of nitrogens with one attached hydrogen (secondary N) is 1. The molecule has 0 heterocycles. The quantitative estimate of drug-likeness (QED) is 0.273. The third-order valence-electron chi connectivity index (χ3n) is 3.57. The van der Waals surface area contributed by atoms with Crippen LogP contribution in [0.2, 0.25) is 0 Å². The van der Waals surface area contributed by atoms with E-state index in [4.69, 9.17) is 4.74 Å². The molecule has 0 radical (unpaired) electrons. The highest BCUT2D eigenvalue weighted by Gasteiger charge is 2.14. The average Bonchev–Trinajstić information content (AvgIpc) is 2.60. The van der Waals surface area contributed by atoms with Gasteiger partial charge in [-0.05, 0) is 74.2 Å². The number of nitro benzene ring substituents is 1. The summed E-state index contributed by atoms with van der Waals surface area (Å²) in [6, 6.07) is 9.36. The van der Waals surface area contributed by atoms with Crippen LogP contribution in [0, 0.1) is 28.4 Å². The number of benzene rings is 2. The molecule has 0 saturated carbocycles. The van der Waals surface area contributed by atoms with E-state index in [1.165, 1.54) is 31.4 Å². The highest BCUT2D eigenvalue weighted by molar-refractivity contribution is 9.11. The summed E-state index contributed by atoms with van der Waals surface area (Å²) >= 11 is 6.73. The molecule has 1 N–H and O–H groups in total. The number of nitrogens with zero attached hydrogens (tertiary/aromatic N) is 2. The molecule has 0 fully saturated rings. The number of hydrogen-bond donors (Lipinski definition) is 1. The molecule has 0 bridgehead atoms. The molecule has 7 nitrogen and oxygen atoms in total. The molecule has 0 aliphatic heterocycles. The van der Waals surface area contributed by atoms with Gasteiger partial charge in [-0.1, -0.05) is 0 Å². The Labute approximate surface area is 172 Å². The van der Waals surface area contributed by atoms with Crippen LogP contribution in [0.25, 0.3) is 6.08 Å². The van der Waals surface area contributed by atoms with E-state index in [9.17, 15) is 20.2 Å². The number of halogens is 2. The fourth-order valence-electron chi connectivity index (χ4n) is 2.26. The molecule has 27 heavy (non-hydrogen) atoms. The van der Waals surface area contributed by atoms with Gasteiger partial charge in [-0.3, -0.25) is 14.9 Å². The Morgan fingerprint density at radius 1 is 1.30 bits per heavy atom. The molecule has 9 heteroatoms. The van der Waals surface area contributed by atoms with Crippen molar-refractivity contribution >= 4 is 55.2 Å². The van der Waals surface area contributed by atoms with Gasteiger partial charge in [0, 0.05) is 17.8 Å². The van der Waals surface area contributed by atoms with Crippen molar-refractivity contribution in [1.29, 1.82) is 5.26 Å². The van der Waals surface area contributed by atoms with E-state index in [2.05, 4.69) is 37.2 Å². The molecule has 0 aliphatic rings. The van der Waals surface area contributed by atoms with E-state index in [1.807, 2.05) is 6.07 Å². The van der Waals surface area contributed by atoms with E-state index >= 15 is 0 Å². The molecule has 0 aromatic heterocycles. The molecule has 2 rings (SSSR count). The van der Waals surface area contributed by atoms with E-state index in [0.717, 1.165) is 0 Å². The second-order valence-electron chi connectivity index (χ2n) is 5.40. The molecular formula is C18H13Br2N3O4. The first-order chi connectivity index (χ1) is 12.8. The van der Waals surface area contributed by atoms with Gasteiger partial charge >= 0.3 is 0 Å². The molecular weight excluding hydrogens is 482 g/mol. The topological polar surface area (TPSA) is 105 Å². The molecule has 0 saturated heterocycles. The zero-order valence-corrected chi connectivity index (χ0v) is 17.4. The van der Waals surface area contributed by atoms with Crippen LogP contribution >= 0.6 is 31.9 Å². The number of methoxy groups -OCH3 is 1. The maximum Gasteiger partial charge on any atom is 0.269 e. The Balaban J connectivity index is 2.30. The Bertz CT molecular complexity index is 974. The van der Waals surface area contributed by atoms with E-state index < -0.39 is 10.8 Å². The second-order valence-corrected chi connectivity index (χ2v) is 7.11. The molecule has 0 aliphatic carbocycles. The van der Waals surface area contributed by atoms with Crippen LogP contribution in [0.5, 0.6) is 5.75 Å². The summed E-state index contributed by atoms with van der Waals surface area (Å²) in [6.07, 6.45) is 1.44. The zero-order chi connectivity index (χ0) is 20.1. The number of aryl methyl sites for hydroxylation is 1. The molecule has 0 spiro atoms. The maximum absolute atomic E-state index is 12.4. The SMILES string of the molecule is COc1c(Br)cc(/C=C(/C#N)C(=O)Nc2ccc([N+](=O)[O-])cc2C)cc1Br. The number of anilines is 1. The molecule has 1 amide bonds. The van der Waals surface area contributed by atoms with Crippen molar-refractivity contribution in [1.82, 2.24) is 0 Å². The van der Waals surface area contributed by atoms with Gasteiger partial charge in [-0.25, -0.2) is 0 Å². The number of rotatable bonds is 5. The lowest BCUT2D eigenvalue weighted by Crippen LogP contribution is -2.14. The van der Waals surface area contributed by atoms with Crippen molar-refractivity contribution in [3.63, 3.8) is 0 Å². The lowest BCUT2D eigenvalue weighted by Gasteiger charge is -2.09. The second kappa shape index (κ2) is 8.79. The van der Waals surface area contributed by atoms with Gasteiger partial charge in [0.15, 0.2) is 0 Å². The first kappa shape index (κ1) is 20.6. The first-order valence-electron chi connectivity index (χ1n) is 7.48. The Morgan fingerprint density at radius 3 is 2.41 bits per heavy atom. The number of carbonyl (C=O) groups excluding carboxylic acids is 1. The highest BCUT2D eigenvalue weighted by Crippen LogP contribution is 2.35. The van der Waals surface area contributed by atoms with E-state index in [1.54, 1.807) is 19.1 Å². The van der Waals surface area contributed by atoms with Crippen LogP contribution in [0.1, 0.15) is 11.1 Å². The summed E-state index contributed by atoms with van der Waals surface area (Å²) in [5.74, 6) is -0.0193. The van der Waals surface area contributed by atoms with Gasteiger partial charge in [-0.15, -0.1) is 0 Å². The van der Waals surface area contributed by atoms with Crippen molar-refractivity contribution < 1.29 is 14.5 Å². The molecule has 2 aromatic rings. The number of nitriles is 1. The Hall–Kier alpha value is -2.70. The van der Waals surface area contributed by atoms with Crippen LogP contribution in [0.4, 0.5) is 11.4 Å². The predicted octanol–water partition coefficient (Wildman–Crippen LogP) is 4.98. The first-order valence-corrected chi connectivity index (χ1v) is 9.06. The summed E-state index contributed by atoms with van der Waals surface area (Å²) in [5, 5.41) is 22.7. The van der Waals surface area contributed by atoms with Gasteiger partial charge < -0.3 is 10.1 Å². The molecule has 0 atom stereocenters. The predicted molar refractivity (Wildman–Crippen MR) is 108 cm³/mol. The number of hydrogen-bond acceptors (Lipinski definition) is 5. The molecule has 2 aromatic carbocycles. The van der Waals surface area contributed by atoms with E-state index in [-0.39, 0.29) is 11.3 Å². The average molecular weight is 495 g/mol. The van der Waals surface area contributed by atoms with E-state index in [0.29, 0.717) is 31.5 Å². The normalized spacial score (nSPS) is 10.9. The summed E-state index contributed by atoms with van der Waals surface area (Å²) in [6.45, 7) is 1.63. The zero-order valence-electron chi connectivity index (χ0n) is 14.2. The van der Waals surface area contributed by atoms with Gasteiger partial charge in [0.1, 0.15) is 17.4 Å². The number of amides is 1. The number of non-ortho nitro benzene ring substituents is 1. The van der Waals surface area contributed by atoms with Crippen molar-refractivity contribution in [3.8, 4) is 11.8 Å².